The number of carbonyl (C=O) groups is 3. The number of nitrogens with one attached hydrogen (secondary N) is 1. The lowest BCUT2D eigenvalue weighted by Gasteiger charge is -2.27. The Kier molecular flexibility index (Phi) is 6.95. The van der Waals surface area contributed by atoms with Crippen molar-refractivity contribution in [2.45, 2.75) is 58.9 Å². The number of ketones is 1. The van der Waals surface area contributed by atoms with E-state index in [0.29, 0.717) is 25.9 Å². The molecule has 1 N–H and O–H groups in total. The molecule has 1 saturated heterocycles. The lowest BCUT2D eigenvalue weighted by atomic mass is 9.84. The summed E-state index contributed by atoms with van der Waals surface area (Å²) in [6.45, 7) is 6.50. The third-order valence-corrected chi connectivity index (χ3v) is 5.29. The molecule has 1 aromatic carbocycles. The molecule has 0 aliphatic carbocycles. The molecule has 5 heteroatoms. The highest BCUT2D eigenvalue weighted by atomic mass is 16.2. The molecule has 0 aromatic heterocycles. The summed E-state index contributed by atoms with van der Waals surface area (Å²) >= 11 is 0. The van der Waals surface area contributed by atoms with E-state index < -0.39 is 23.1 Å². The van der Waals surface area contributed by atoms with Crippen LogP contribution in [0.25, 0.3) is 0 Å². The second kappa shape index (κ2) is 8.97. The number of likely N-dealkylation sites (tertiary alicyclic amines) is 1. The van der Waals surface area contributed by atoms with Crippen LogP contribution < -0.4 is 5.32 Å². The molecule has 1 heterocycles. The van der Waals surface area contributed by atoms with Crippen molar-refractivity contribution in [1.82, 2.24) is 10.2 Å². The van der Waals surface area contributed by atoms with Crippen molar-refractivity contribution >= 4 is 17.6 Å². The Hall–Kier alpha value is -2.17. The van der Waals surface area contributed by atoms with Crippen LogP contribution in [0.3, 0.4) is 0 Å². The number of aryl methyl sites for hydroxylation is 1. The van der Waals surface area contributed by atoms with Crippen molar-refractivity contribution < 1.29 is 14.4 Å². The van der Waals surface area contributed by atoms with E-state index in [0.717, 1.165) is 19.3 Å². The van der Waals surface area contributed by atoms with Gasteiger partial charge in [-0.05, 0) is 37.7 Å². The van der Waals surface area contributed by atoms with Gasteiger partial charge in [0.1, 0.15) is 6.04 Å². The highest BCUT2D eigenvalue weighted by Crippen LogP contribution is 2.25. The number of carbonyl (C=O) groups excluding carboxylic acids is 3. The van der Waals surface area contributed by atoms with Gasteiger partial charge in [0.15, 0.2) is 0 Å². The Balaban J connectivity index is 1.85. The zero-order chi connectivity index (χ0) is 19.2. The molecule has 1 atom stereocenters. The van der Waals surface area contributed by atoms with Crippen molar-refractivity contribution in [1.29, 1.82) is 0 Å². The van der Waals surface area contributed by atoms with Crippen LogP contribution in [0.4, 0.5) is 0 Å². The molecule has 2 amide bonds. The van der Waals surface area contributed by atoms with Gasteiger partial charge in [0.2, 0.25) is 11.7 Å². The van der Waals surface area contributed by atoms with Crippen LogP contribution in [-0.4, -0.2) is 41.6 Å². The highest BCUT2D eigenvalue weighted by molar-refractivity contribution is 6.38. The van der Waals surface area contributed by atoms with Gasteiger partial charge >= 0.3 is 0 Å². The zero-order valence-corrected chi connectivity index (χ0v) is 16.1. The van der Waals surface area contributed by atoms with Crippen molar-refractivity contribution in [2.75, 3.05) is 13.1 Å². The molecule has 0 spiro atoms. The first-order valence-corrected chi connectivity index (χ1v) is 9.54. The Bertz CT molecular complexity index is 640. The number of rotatable bonds is 8. The Morgan fingerprint density at radius 2 is 1.88 bits per heavy atom. The summed E-state index contributed by atoms with van der Waals surface area (Å²) in [4.78, 5) is 39.0. The smallest absolute Gasteiger partial charge is 0.291 e. The van der Waals surface area contributed by atoms with Gasteiger partial charge in [-0.25, -0.2) is 0 Å². The maximum absolute atomic E-state index is 12.6. The van der Waals surface area contributed by atoms with Crippen LogP contribution in [0.15, 0.2) is 30.3 Å². The molecule has 2 rings (SSSR count). The molecule has 0 radical (unpaired) electrons. The van der Waals surface area contributed by atoms with Crippen LogP contribution in [0.2, 0.25) is 0 Å². The topological polar surface area (TPSA) is 66.5 Å². The molecular formula is C21H30N2O3. The summed E-state index contributed by atoms with van der Waals surface area (Å²) in [5.74, 6) is -1.06. The van der Waals surface area contributed by atoms with Crippen LogP contribution >= 0.6 is 0 Å². The van der Waals surface area contributed by atoms with Gasteiger partial charge in [-0.15, -0.1) is 0 Å². The fourth-order valence-corrected chi connectivity index (χ4v) is 3.13. The minimum Gasteiger partial charge on any atom is -0.354 e. The van der Waals surface area contributed by atoms with E-state index in [-0.39, 0.29) is 5.91 Å². The molecule has 1 aliphatic heterocycles. The van der Waals surface area contributed by atoms with Crippen LogP contribution in [-0.2, 0) is 20.8 Å². The van der Waals surface area contributed by atoms with Crippen molar-refractivity contribution in [3.63, 3.8) is 0 Å². The molecular weight excluding hydrogens is 328 g/mol. The Labute approximate surface area is 156 Å². The van der Waals surface area contributed by atoms with E-state index in [2.05, 4.69) is 17.4 Å². The summed E-state index contributed by atoms with van der Waals surface area (Å²) in [5, 5.41) is 2.93. The standard InChI is InChI=1S/C21H30N2O3/c1-4-21(2,3)18(24)20(26)23-15-9-13-17(23)19(25)22-14-8-12-16-10-6-5-7-11-16/h5-7,10-11,17H,4,8-9,12-15H2,1-3H3,(H,22,25)/t17-/m0/s1. The molecule has 142 valence electrons. The van der Waals surface area contributed by atoms with Crippen LogP contribution in [0.1, 0.15) is 52.0 Å². The summed E-state index contributed by atoms with van der Waals surface area (Å²) in [5.41, 5.74) is 0.558. The Morgan fingerprint density at radius 1 is 1.19 bits per heavy atom. The molecule has 1 aromatic rings. The average Bonchev–Trinajstić information content (AvgIpc) is 3.14. The summed E-state index contributed by atoms with van der Waals surface area (Å²) < 4.78 is 0. The first-order chi connectivity index (χ1) is 12.4. The monoisotopic (exact) mass is 358 g/mol. The number of benzene rings is 1. The van der Waals surface area contributed by atoms with E-state index >= 15 is 0 Å². The minimum atomic E-state index is -0.684. The first kappa shape index (κ1) is 20.1. The number of hydrogen-bond acceptors (Lipinski definition) is 3. The normalized spacial score (nSPS) is 17.2. The number of amides is 2. The largest absolute Gasteiger partial charge is 0.354 e. The number of Topliss-reactive ketones (excluding diaryl/α,β-unsaturated/α-hetero) is 1. The second-order valence-corrected chi connectivity index (χ2v) is 7.60. The first-order valence-electron chi connectivity index (χ1n) is 9.54. The number of nitrogens with zero attached hydrogens (tertiary/aromatic N) is 1. The van der Waals surface area contributed by atoms with Gasteiger partial charge in [-0.3, -0.25) is 14.4 Å². The molecule has 5 nitrogen and oxygen atoms in total. The maximum Gasteiger partial charge on any atom is 0.291 e. The van der Waals surface area contributed by atoms with Gasteiger partial charge < -0.3 is 10.2 Å². The molecule has 1 fully saturated rings. The molecule has 0 unspecified atom stereocenters. The van der Waals surface area contributed by atoms with Gasteiger partial charge in [0, 0.05) is 18.5 Å². The van der Waals surface area contributed by atoms with E-state index in [1.165, 1.54) is 10.5 Å². The molecule has 26 heavy (non-hydrogen) atoms. The maximum atomic E-state index is 12.6. The van der Waals surface area contributed by atoms with Gasteiger partial charge in [0.25, 0.3) is 5.91 Å². The minimum absolute atomic E-state index is 0.147. The number of hydrogen-bond donors (Lipinski definition) is 1. The SMILES string of the molecule is CCC(C)(C)C(=O)C(=O)N1CCC[C@H]1C(=O)NCCCc1ccccc1. The highest BCUT2D eigenvalue weighted by Gasteiger charge is 2.40. The quantitative estimate of drug-likeness (QED) is 0.574. The summed E-state index contributed by atoms with van der Waals surface area (Å²) in [6, 6.07) is 9.62. The fourth-order valence-electron chi connectivity index (χ4n) is 3.13. The second-order valence-electron chi connectivity index (χ2n) is 7.60. The summed E-state index contributed by atoms with van der Waals surface area (Å²) in [6.07, 6.45) is 3.72. The molecule has 0 bridgehead atoms. The molecule has 1 aliphatic rings. The van der Waals surface area contributed by atoms with E-state index in [1.54, 1.807) is 13.8 Å². The van der Waals surface area contributed by atoms with Crippen molar-refractivity contribution in [2.24, 2.45) is 5.41 Å². The van der Waals surface area contributed by atoms with E-state index in [4.69, 9.17) is 0 Å². The van der Waals surface area contributed by atoms with Crippen LogP contribution in [0, 0.1) is 5.41 Å². The lowest BCUT2D eigenvalue weighted by molar-refractivity contribution is -0.151. The van der Waals surface area contributed by atoms with E-state index in [1.807, 2.05) is 25.1 Å². The Morgan fingerprint density at radius 3 is 2.54 bits per heavy atom. The van der Waals surface area contributed by atoms with Crippen LogP contribution in [0.5, 0.6) is 0 Å². The summed E-state index contributed by atoms with van der Waals surface area (Å²) in [7, 11) is 0. The van der Waals surface area contributed by atoms with Crippen molar-refractivity contribution in [3.8, 4) is 0 Å². The third kappa shape index (κ3) is 4.93. The predicted molar refractivity (Wildman–Crippen MR) is 102 cm³/mol. The van der Waals surface area contributed by atoms with Gasteiger partial charge in [-0.1, -0.05) is 51.1 Å². The zero-order valence-electron chi connectivity index (χ0n) is 16.1. The fraction of sp³-hybridized carbons (Fsp3) is 0.571. The average molecular weight is 358 g/mol. The van der Waals surface area contributed by atoms with Gasteiger partial charge in [-0.2, -0.15) is 0 Å². The van der Waals surface area contributed by atoms with E-state index in [9.17, 15) is 14.4 Å². The molecule has 0 saturated carbocycles. The third-order valence-electron chi connectivity index (χ3n) is 5.29. The predicted octanol–water partition coefficient (Wildman–Crippen LogP) is 2.73. The lowest BCUT2D eigenvalue weighted by Crippen LogP contribution is -2.50. The van der Waals surface area contributed by atoms with Crippen molar-refractivity contribution in [3.05, 3.63) is 35.9 Å². The van der Waals surface area contributed by atoms with Gasteiger partial charge in [0.05, 0.1) is 0 Å².